The summed E-state index contributed by atoms with van der Waals surface area (Å²) in [5.41, 5.74) is 6.67. The van der Waals surface area contributed by atoms with Crippen LogP contribution in [-0.2, 0) is 5.75 Å². The second kappa shape index (κ2) is 5.71. The van der Waals surface area contributed by atoms with E-state index < -0.39 is 0 Å². The number of anilines is 1. The molecule has 0 atom stereocenters. The fraction of sp³-hybridized carbons (Fsp3) is 0.308. The van der Waals surface area contributed by atoms with Crippen LogP contribution >= 0.6 is 23.1 Å². The van der Waals surface area contributed by atoms with Crippen LogP contribution in [0, 0.1) is 5.82 Å². The molecule has 0 saturated carbocycles. The van der Waals surface area contributed by atoms with E-state index in [1.165, 1.54) is 6.07 Å². The zero-order valence-electron chi connectivity index (χ0n) is 10.3. The van der Waals surface area contributed by atoms with Crippen molar-refractivity contribution in [2.75, 3.05) is 5.73 Å². The van der Waals surface area contributed by atoms with Crippen molar-refractivity contribution >= 4 is 28.8 Å². The quantitative estimate of drug-likeness (QED) is 0.672. The van der Waals surface area contributed by atoms with Crippen molar-refractivity contribution in [3.05, 3.63) is 40.1 Å². The first-order valence-electron chi connectivity index (χ1n) is 5.68. The van der Waals surface area contributed by atoms with Crippen LogP contribution in [0.4, 0.5) is 10.1 Å². The molecule has 0 aliphatic carbocycles. The highest BCUT2D eigenvalue weighted by atomic mass is 32.2. The van der Waals surface area contributed by atoms with Gasteiger partial charge in [0.15, 0.2) is 0 Å². The van der Waals surface area contributed by atoms with E-state index in [9.17, 15) is 4.39 Å². The van der Waals surface area contributed by atoms with Crippen LogP contribution in [0.25, 0.3) is 0 Å². The van der Waals surface area contributed by atoms with E-state index in [2.05, 4.69) is 24.2 Å². The SMILES string of the molecule is CC(C)c1nc(CSc2ccc(N)c(F)c2)cs1. The summed E-state index contributed by atoms with van der Waals surface area (Å²) in [4.78, 5) is 5.42. The summed E-state index contributed by atoms with van der Waals surface area (Å²) in [6, 6.07) is 4.90. The van der Waals surface area contributed by atoms with Crippen LogP contribution in [0.2, 0.25) is 0 Å². The van der Waals surface area contributed by atoms with Crippen molar-refractivity contribution in [2.24, 2.45) is 0 Å². The molecule has 96 valence electrons. The van der Waals surface area contributed by atoms with Gasteiger partial charge in [0.25, 0.3) is 0 Å². The number of hydrogen-bond donors (Lipinski definition) is 1. The van der Waals surface area contributed by atoms with Gasteiger partial charge in [0.05, 0.1) is 16.4 Å². The maximum absolute atomic E-state index is 13.3. The minimum atomic E-state index is -0.360. The van der Waals surface area contributed by atoms with Gasteiger partial charge >= 0.3 is 0 Å². The van der Waals surface area contributed by atoms with Gasteiger partial charge in [-0.15, -0.1) is 23.1 Å². The maximum Gasteiger partial charge on any atom is 0.147 e. The molecule has 18 heavy (non-hydrogen) atoms. The number of nitrogen functional groups attached to an aromatic ring is 1. The van der Waals surface area contributed by atoms with Crippen LogP contribution in [0.15, 0.2) is 28.5 Å². The minimum absolute atomic E-state index is 0.190. The summed E-state index contributed by atoms with van der Waals surface area (Å²) in [6.07, 6.45) is 0. The first-order valence-corrected chi connectivity index (χ1v) is 7.55. The largest absolute Gasteiger partial charge is 0.396 e. The molecular formula is C13H15FN2S2. The van der Waals surface area contributed by atoms with E-state index in [-0.39, 0.29) is 11.5 Å². The summed E-state index contributed by atoms with van der Waals surface area (Å²) in [5, 5.41) is 3.21. The van der Waals surface area contributed by atoms with E-state index in [4.69, 9.17) is 5.73 Å². The lowest BCUT2D eigenvalue weighted by Crippen LogP contribution is -1.90. The molecule has 0 fully saturated rings. The highest BCUT2D eigenvalue weighted by Crippen LogP contribution is 2.27. The number of nitrogens with two attached hydrogens (primary N) is 1. The van der Waals surface area contributed by atoms with Crippen molar-refractivity contribution in [1.82, 2.24) is 4.98 Å². The summed E-state index contributed by atoms with van der Waals surface area (Å²) < 4.78 is 13.3. The molecule has 0 unspecified atom stereocenters. The standard InChI is InChI=1S/C13H15FN2S2/c1-8(2)13-16-9(7-18-13)6-17-10-3-4-12(15)11(14)5-10/h3-5,7-8H,6,15H2,1-2H3. The highest BCUT2D eigenvalue weighted by molar-refractivity contribution is 7.98. The number of thiazole rings is 1. The summed E-state index contributed by atoms with van der Waals surface area (Å²) in [5.74, 6) is 0.857. The zero-order valence-corrected chi connectivity index (χ0v) is 11.9. The third-order valence-electron chi connectivity index (χ3n) is 2.42. The Balaban J connectivity index is 2.00. The van der Waals surface area contributed by atoms with Crippen LogP contribution in [0.5, 0.6) is 0 Å². The van der Waals surface area contributed by atoms with Crippen molar-refractivity contribution in [2.45, 2.75) is 30.4 Å². The molecule has 1 aromatic carbocycles. The third kappa shape index (κ3) is 3.23. The first-order chi connectivity index (χ1) is 8.56. The molecule has 1 aromatic heterocycles. The second-order valence-corrected chi connectivity index (χ2v) is 6.24. The molecule has 5 heteroatoms. The number of hydrogen-bond acceptors (Lipinski definition) is 4. The second-order valence-electron chi connectivity index (χ2n) is 4.30. The lowest BCUT2D eigenvalue weighted by atomic mass is 10.2. The molecule has 0 spiro atoms. The number of halogens is 1. The molecule has 0 aliphatic heterocycles. The Morgan fingerprint density at radius 1 is 1.44 bits per heavy atom. The molecule has 0 bridgehead atoms. The van der Waals surface area contributed by atoms with Gasteiger partial charge in [0.1, 0.15) is 5.82 Å². The van der Waals surface area contributed by atoms with Gasteiger partial charge in [-0.2, -0.15) is 0 Å². The minimum Gasteiger partial charge on any atom is -0.396 e. The van der Waals surface area contributed by atoms with E-state index in [0.29, 0.717) is 5.92 Å². The maximum atomic E-state index is 13.3. The molecule has 0 saturated heterocycles. The smallest absolute Gasteiger partial charge is 0.147 e. The number of nitrogens with zero attached hydrogens (tertiary/aromatic N) is 1. The monoisotopic (exact) mass is 282 g/mol. The first kappa shape index (κ1) is 13.4. The Hall–Kier alpha value is -1.07. The van der Waals surface area contributed by atoms with Gasteiger partial charge < -0.3 is 5.73 Å². The zero-order chi connectivity index (χ0) is 13.1. The Kier molecular flexibility index (Phi) is 4.24. The molecule has 0 radical (unpaired) electrons. The Bertz CT molecular complexity index is 538. The summed E-state index contributed by atoms with van der Waals surface area (Å²) in [7, 11) is 0. The van der Waals surface area contributed by atoms with Crippen LogP contribution in [0.1, 0.15) is 30.5 Å². The average molecular weight is 282 g/mol. The van der Waals surface area contributed by atoms with Crippen LogP contribution < -0.4 is 5.73 Å². The van der Waals surface area contributed by atoms with Crippen molar-refractivity contribution in [3.8, 4) is 0 Å². The molecule has 0 amide bonds. The summed E-state index contributed by atoms with van der Waals surface area (Å²) in [6.45, 7) is 4.26. The van der Waals surface area contributed by atoms with Crippen molar-refractivity contribution < 1.29 is 4.39 Å². The normalized spacial score (nSPS) is 11.1. The molecule has 2 nitrogen and oxygen atoms in total. The number of aromatic nitrogens is 1. The van der Waals surface area contributed by atoms with Crippen LogP contribution in [0.3, 0.4) is 0 Å². The average Bonchev–Trinajstić information content (AvgIpc) is 2.79. The van der Waals surface area contributed by atoms with Crippen molar-refractivity contribution in [3.63, 3.8) is 0 Å². The van der Waals surface area contributed by atoms with Gasteiger partial charge in [0.2, 0.25) is 0 Å². The predicted octanol–water partition coefficient (Wildman–Crippen LogP) is 4.28. The highest BCUT2D eigenvalue weighted by Gasteiger charge is 2.07. The van der Waals surface area contributed by atoms with E-state index in [0.717, 1.165) is 21.3 Å². The van der Waals surface area contributed by atoms with Gasteiger partial charge in [-0.3, -0.25) is 0 Å². The van der Waals surface area contributed by atoms with Gasteiger partial charge in [-0.25, -0.2) is 9.37 Å². The number of rotatable bonds is 4. The number of benzene rings is 1. The van der Waals surface area contributed by atoms with E-state index in [1.807, 2.05) is 6.07 Å². The van der Waals surface area contributed by atoms with Gasteiger partial charge in [-0.05, 0) is 18.2 Å². The molecule has 2 aromatic rings. The van der Waals surface area contributed by atoms with Gasteiger partial charge in [-0.1, -0.05) is 13.8 Å². The van der Waals surface area contributed by atoms with E-state index >= 15 is 0 Å². The van der Waals surface area contributed by atoms with Gasteiger partial charge in [0, 0.05) is 21.9 Å². The Morgan fingerprint density at radius 2 is 2.22 bits per heavy atom. The molecule has 0 aliphatic rings. The van der Waals surface area contributed by atoms with Crippen LogP contribution in [-0.4, -0.2) is 4.98 Å². The Labute approximate surface area is 114 Å². The third-order valence-corrected chi connectivity index (χ3v) is 4.64. The summed E-state index contributed by atoms with van der Waals surface area (Å²) >= 11 is 3.25. The molecular weight excluding hydrogens is 267 g/mol. The fourth-order valence-corrected chi connectivity index (χ4v) is 3.16. The van der Waals surface area contributed by atoms with Crippen molar-refractivity contribution in [1.29, 1.82) is 0 Å². The fourth-order valence-electron chi connectivity index (χ4n) is 1.41. The molecule has 2 N–H and O–H groups in total. The molecule has 2 rings (SSSR count). The Morgan fingerprint density at radius 3 is 2.83 bits per heavy atom. The van der Waals surface area contributed by atoms with E-state index in [1.54, 1.807) is 29.2 Å². The number of thioether (sulfide) groups is 1. The molecule has 1 heterocycles. The lowest BCUT2D eigenvalue weighted by molar-refractivity contribution is 0.629. The lowest BCUT2D eigenvalue weighted by Gasteiger charge is -2.02. The topological polar surface area (TPSA) is 38.9 Å². The predicted molar refractivity (Wildman–Crippen MR) is 76.6 cm³/mol.